The summed E-state index contributed by atoms with van der Waals surface area (Å²) in [6.07, 6.45) is -0.462. The van der Waals surface area contributed by atoms with Crippen molar-refractivity contribution in [2.75, 3.05) is 6.61 Å². The first-order chi connectivity index (χ1) is 8.04. The zero-order chi connectivity index (χ0) is 12.8. The Kier molecular flexibility index (Phi) is 5.51. The van der Waals surface area contributed by atoms with Crippen LogP contribution in [0.4, 0.5) is 0 Å². The zero-order valence-corrected chi connectivity index (χ0v) is 11.2. The second kappa shape index (κ2) is 6.67. The normalized spacial score (nSPS) is 14.1. The molecular formula is C13H18O3S. The minimum absolute atomic E-state index is 0.197. The molecule has 2 unspecified atom stereocenters. The van der Waals surface area contributed by atoms with Crippen molar-refractivity contribution in [1.82, 2.24) is 0 Å². The number of esters is 1. The Hall–Kier alpha value is -1.00. The standard InChI is InChI=1S/C13H18O3S/c1-4-16-13(15)10(3)17-12-7-5-11(6-8-12)9(2)14/h5-10,14H,4H2,1-3H3. The van der Waals surface area contributed by atoms with Crippen molar-refractivity contribution in [2.24, 2.45) is 0 Å². The van der Waals surface area contributed by atoms with E-state index in [4.69, 9.17) is 4.74 Å². The Morgan fingerprint density at radius 2 is 1.94 bits per heavy atom. The van der Waals surface area contributed by atoms with E-state index in [1.54, 1.807) is 13.8 Å². The lowest BCUT2D eigenvalue weighted by molar-refractivity contribution is -0.142. The number of hydrogen-bond donors (Lipinski definition) is 1. The van der Waals surface area contributed by atoms with Crippen LogP contribution in [-0.2, 0) is 9.53 Å². The largest absolute Gasteiger partial charge is 0.465 e. The van der Waals surface area contributed by atoms with E-state index < -0.39 is 6.10 Å². The van der Waals surface area contributed by atoms with Crippen LogP contribution in [0.3, 0.4) is 0 Å². The Labute approximate surface area is 106 Å². The first-order valence-corrected chi connectivity index (χ1v) is 6.54. The summed E-state index contributed by atoms with van der Waals surface area (Å²) in [5, 5.41) is 9.16. The highest BCUT2D eigenvalue weighted by Gasteiger charge is 2.15. The third-order valence-corrected chi connectivity index (χ3v) is 3.38. The number of benzene rings is 1. The fourth-order valence-electron chi connectivity index (χ4n) is 1.34. The van der Waals surface area contributed by atoms with Crippen LogP contribution in [0.15, 0.2) is 29.2 Å². The van der Waals surface area contributed by atoms with Gasteiger partial charge in [-0.25, -0.2) is 0 Å². The smallest absolute Gasteiger partial charge is 0.319 e. The minimum Gasteiger partial charge on any atom is -0.465 e. The summed E-state index contributed by atoms with van der Waals surface area (Å²) in [7, 11) is 0. The number of rotatable bonds is 5. The fraction of sp³-hybridized carbons (Fsp3) is 0.462. The van der Waals surface area contributed by atoms with Crippen LogP contribution in [0.5, 0.6) is 0 Å². The van der Waals surface area contributed by atoms with Crippen LogP contribution >= 0.6 is 11.8 Å². The van der Waals surface area contributed by atoms with Crippen molar-refractivity contribution in [2.45, 2.75) is 37.0 Å². The van der Waals surface area contributed by atoms with Crippen molar-refractivity contribution in [1.29, 1.82) is 0 Å². The molecule has 1 rings (SSSR count). The number of carbonyl (C=O) groups excluding carboxylic acids is 1. The van der Waals surface area contributed by atoms with E-state index in [1.807, 2.05) is 31.2 Å². The summed E-state index contributed by atoms with van der Waals surface area (Å²) in [6.45, 7) is 5.76. The fourth-order valence-corrected chi connectivity index (χ4v) is 2.20. The first-order valence-electron chi connectivity index (χ1n) is 5.66. The molecule has 1 aromatic rings. The maximum atomic E-state index is 11.4. The summed E-state index contributed by atoms with van der Waals surface area (Å²) >= 11 is 1.46. The lowest BCUT2D eigenvalue weighted by Crippen LogP contribution is -2.16. The Balaban J connectivity index is 2.60. The Morgan fingerprint density at radius 3 is 2.41 bits per heavy atom. The van der Waals surface area contributed by atoms with Gasteiger partial charge in [0.1, 0.15) is 5.25 Å². The van der Waals surface area contributed by atoms with Crippen LogP contribution < -0.4 is 0 Å². The van der Waals surface area contributed by atoms with E-state index >= 15 is 0 Å². The third-order valence-electron chi connectivity index (χ3n) is 2.29. The number of hydrogen-bond acceptors (Lipinski definition) is 4. The molecule has 0 aliphatic carbocycles. The van der Waals surface area contributed by atoms with Crippen molar-refractivity contribution in [3.8, 4) is 0 Å². The van der Waals surface area contributed by atoms with E-state index in [-0.39, 0.29) is 11.2 Å². The van der Waals surface area contributed by atoms with E-state index in [9.17, 15) is 9.90 Å². The van der Waals surface area contributed by atoms with E-state index in [1.165, 1.54) is 11.8 Å². The molecule has 0 saturated heterocycles. The predicted molar refractivity (Wildman–Crippen MR) is 69.0 cm³/mol. The van der Waals surface area contributed by atoms with Gasteiger partial charge in [0.15, 0.2) is 0 Å². The molecule has 3 nitrogen and oxygen atoms in total. The zero-order valence-electron chi connectivity index (χ0n) is 10.3. The van der Waals surface area contributed by atoms with Gasteiger partial charge in [0.25, 0.3) is 0 Å². The lowest BCUT2D eigenvalue weighted by atomic mass is 10.1. The Bertz CT molecular complexity index is 359. The maximum Gasteiger partial charge on any atom is 0.319 e. The molecule has 4 heteroatoms. The predicted octanol–water partition coefficient (Wildman–Crippen LogP) is 2.78. The van der Waals surface area contributed by atoms with Crippen LogP contribution in [0.1, 0.15) is 32.4 Å². The van der Waals surface area contributed by atoms with E-state index in [0.29, 0.717) is 6.61 Å². The molecule has 1 N–H and O–H groups in total. The second-order valence-electron chi connectivity index (χ2n) is 3.76. The maximum absolute atomic E-state index is 11.4. The van der Waals surface area contributed by atoms with Crippen molar-refractivity contribution in [3.05, 3.63) is 29.8 Å². The molecular weight excluding hydrogens is 236 g/mol. The van der Waals surface area contributed by atoms with Gasteiger partial charge in [-0.1, -0.05) is 12.1 Å². The molecule has 0 aromatic heterocycles. The number of carbonyl (C=O) groups is 1. The van der Waals surface area contributed by atoms with Crippen molar-refractivity contribution >= 4 is 17.7 Å². The second-order valence-corrected chi connectivity index (χ2v) is 5.17. The van der Waals surface area contributed by atoms with Gasteiger partial charge in [-0.2, -0.15) is 0 Å². The van der Waals surface area contributed by atoms with Gasteiger partial charge in [0, 0.05) is 4.90 Å². The quantitative estimate of drug-likeness (QED) is 0.648. The highest BCUT2D eigenvalue weighted by molar-refractivity contribution is 8.00. The van der Waals surface area contributed by atoms with Crippen LogP contribution in [0.2, 0.25) is 0 Å². The topological polar surface area (TPSA) is 46.5 Å². The first kappa shape index (κ1) is 14.1. The number of aliphatic hydroxyl groups is 1. The van der Waals surface area contributed by atoms with Crippen LogP contribution in [-0.4, -0.2) is 22.9 Å². The van der Waals surface area contributed by atoms with Crippen LogP contribution in [0, 0.1) is 0 Å². The average Bonchev–Trinajstić information content (AvgIpc) is 2.30. The van der Waals surface area contributed by atoms with Gasteiger partial charge < -0.3 is 9.84 Å². The molecule has 2 atom stereocenters. The molecule has 0 radical (unpaired) electrons. The highest BCUT2D eigenvalue weighted by Crippen LogP contribution is 2.25. The molecule has 0 aliphatic rings. The number of aliphatic hydroxyl groups excluding tert-OH is 1. The average molecular weight is 254 g/mol. The SMILES string of the molecule is CCOC(=O)C(C)Sc1ccc(C(C)O)cc1. The monoisotopic (exact) mass is 254 g/mol. The molecule has 0 aliphatic heterocycles. The molecule has 0 heterocycles. The number of ether oxygens (including phenoxy) is 1. The van der Waals surface area contributed by atoms with Gasteiger partial charge in [0.05, 0.1) is 12.7 Å². The molecule has 1 aromatic carbocycles. The van der Waals surface area contributed by atoms with Gasteiger partial charge in [-0.05, 0) is 38.5 Å². The molecule has 0 amide bonds. The van der Waals surface area contributed by atoms with Crippen LogP contribution in [0.25, 0.3) is 0 Å². The van der Waals surface area contributed by atoms with E-state index in [0.717, 1.165) is 10.5 Å². The third kappa shape index (κ3) is 4.40. The summed E-state index contributed by atoms with van der Waals surface area (Å²) < 4.78 is 4.94. The summed E-state index contributed by atoms with van der Waals surface area (Å²) in [5.41, 5.74) is 0.873. The summed E-state index contributed by atoms with van der Waals surface area (Å²) in [5.74, 6) is -0.197. The molecule has 17 heavy (non-hydrogen) atoms. The molecule has 0 fully saturated rings. The summed E-state index contributed by atoms with van der Waals surface area (Å²) in [6, 6.07) is 7.54. The Morgan fingerprint density at radius 1 is 1.35 bits per heavy atom. The molecule has 94 valence electrons. The number of thioether (sulfide) groups is 1. The van der Waals surface area contributed by atoms with Gasteiger partial charge in [-0.3, -0.25) is 4.79 Å². The van der Waals surface area contributed by atoms with Gasteiger partial charge in [-0.15, -0.1) is 11.8 Å². The van der Waals surface area contributed by atoms with Gasteiger partial charge in [0.2, 0.25) is 0 Å². The van der Waals surface area contributed by atoms with Gasteiger partial charge >= 0.3 is 5.97 Å². The van der Waals surface area contributed by atoms with Crippen molar-refractivity contribution in [3.63, 3.8) is 0 Å². The van der Waals surface area contributed by atoms with E-state index in [2.05, 4.69) is 0 Å². The molecule has 0 saturated carbocycles. The minimum atomic E-state index is -0.462. The molecule has 0 spiro atoms. The lowest BCUT2D eigenvalue weighted by Gasteiger charge is -2.11. The molecule has 0 bridgehead atoms. The van der Waals surface area contributed by atoms with Crippen molar-refractivity contribution < 1.29 is 14.6 Å². The highest BCUT2D eigenvalue weighted by atomic mass is 32.2. The summed E-state index contributed by atoms with van der Waals surface area (Å²) in [4.78, 5) is 12.4.